The van der Waals surface area contributed by atoms with Gasteiger partial charge in [0.15, 0.2) is 5.82 Å². The molecule has 2 aromatic heterocycles. The molecule has 0 aliphatic carbocycles. The molecule has 6 heteroatoms. The average molecular weight is 336 g/mol. The summed E-state index contributed by atoms with van der Waals surface area (Å²) in [5.74, 6) is 1.61. The number of fused-ring (bicyclic) bond motifs is 1. The standard InChI is InChI=1S/C18H16N4OS/c1-3-23-15-9-5-8-14(11-15)17-21-22-16(19-20-18(22)24-17)13-7-4-6-12(2)10-13/h4-11H,3H2,1-2H3. The summed E-state index contributed by atoms with van der Waals surface area (Å²) in [7, 11) is 0. The first-order valence-electron chi connectivity index (χ1n) is 7.77. The van der Waals surface area contributed by atoms with Crippen LogP contribution in [0.1, 0.15) is 12.5 Å². The van der Waals surface area contributed by atoms with Gasteiger partial charge in [-0.25, -0.2) is 0 Å². The van der Waals surface area contributed by atoms with E-state index in [1.165, 1.54) is 16.9 Å². The molecule has 0 saturated heterocycles. The zero-order chi connectivity index (χ0) is 16.5. The van der Waals surface area contributed by atoms with Gasteiger partial charge >= 0.3 is 0 Å². The molecule has 0 radical (unpaired) electrons. The van der Waals surface area contributed by atoms with Crippen LogP contribution in [0.4, 0.5) is 0 Å². The molecule has 24 heavy (non-hydrogen) atoms. The van der Waals surface area contributed by atoms with Crippen LogP contribution in [0.5, 0.6) is 5.75 Å². The van der Waals surface area contributed by atoms with Crippen LogP contribution in [-0.4, -0.2) is 26.4 Å². The molecular weight excluding hydrogens is 320 g/mol. The Labute approximate surface area is 143 Å². The SMILES string of the molecule is CCOc1cccc(-c2nn3c(-c4cccc(C)c4)nnc3s2)c1. The predicted molar refractivity (Wildman–Crippen MR) is 95.4 cm³/mol. The summed E-state index contributed by atoms with van der Waals surface area (Å²) in [4.78, 5) is 0.781. The third-order valence-electron chi connectivity index (χ3n) is 3.66. The van der Waals surface area contributed by atoms with Gasteiger partial charge in [0.25, 0.3) is 0 Å². The maximum absolute atomic E-state index is 5.57. The van der Waals surface area contributed by atoms with E-state index in [2.05, 4.69) is 29.3 Å². The number of rotatable bonds is 4. The summed E-state index contributed by atoms with van der Waals surface area (Å²) in [6.45, 7) is 4.68. The molecule has 0 aliphatic heterocycles. The largest absolute Gasteiger partial charge is 0.494 e. The van der Waals surface area contributed by atoms with Crippen molar-refractivity contribution < 1.29 is 4.74 Å². The molecule has 120 valence electrons. The molecule has 0 N–H and O–H groups in total. The van der Waals surface area contributed by atoms with Gasteiger partial charge in [-0.2, -0.15) is 9.61 Å². The number of nitrogens with zero attached hydrogens (tertiary/aromatic N) is 4. The molecule has 0 saturated carbocycles. The van der Waals surface area contributed by atoms with E-state index in [0.29, 0.717) is 6.61 Å². The summed E-state index contributed by atoms with van der Waals surface area (Å²) in [6.07, 6.45) is 0. The first-order chi connectivity index (χ1) is 11.7. The lowest BCUT2D eigenvalue weighted by atomic mass is 10.1. The van der Waals surface area contributed by atoms with Crippen molar-refractivity contribution in [3.05, 3.63) is 54.1 Å². The Morgan fingerprint density at radius 1 is 1.04 bits per heavy atom. The zero-order valence-corrected chi connectivity index (χ0v) is 14.2. The molecule has 2 heterocycles. The van der Waals surface area contributed by atoms with Crippen LogP contribution in [0, 0.1) is 6.92 Å². The van der Waals surface area contributed by atoms with Crippen molar-refractivity contribution in [2.75, 3.05) is 6.61 Å². The number of hydrogen-bond donors (Lipinski definition) is 0. The third kappa shape index (κ3) is 2.65. The molecule has 0 amide bonds. The van der Waals surface area contributed by atoms with Crippen LogP contribution < -0.4 is 4.74 Å². The van der Waals surface area contributed by atoms with Gasteiger partial charge < -0.3 is 4.74 Å². The number of aryl methyl sites for hydroxylation is 1. The molecule has 0 bridgehead atoms. The normalized spacial score (nSPS) is 11.1. The summed E-state index contributed by atoms with van der Waals surface area (Å²) >= 11 is 1.52. The molecule has 2 aromatic carbocycles. The highest BCUT2D eigenvalue weighted by atomic mass is 32.1. The molecule has 4 rings (SSSR count). The Morgan fingerprint density at radius 2 is 1.88 bits per heavy atom. The van der Waals surface area contributed by atoms with Crippen molar-refractivity contribution in [3.63, 3.8) is 0 Å². The second-order valence-corrected chi connectivity index (χ2v) is 6.41. The number of ether oxygens (including phenoxy) is 1. The van der Waals surface area contributed by atoms with Crippen molar-refractivity contribution in [1.82, 2.24) is 19.8 Å². The van der Waals surface area contributed by atoms with Crippen molar-refractivity contribution in [2.24, 2.45) is 0 Å². The van der Waals surface area contributed by atoms with Gasteiger partial charge in [-0.1, -0.05) is 47.2 Å². The quantitative estimate of drug-likeness (QED) is 0.560. The highest BCUT2D eigenvalue weighted by molar-refractivity contribution is 7.19. The Balaban J connectivity index is 1.78. The van der Waals surface area contributed by atoms with Crippen LogP contribution in [-0.2, 0) is 0 Å². The third-order valence-corrected chi connectivity index (χ3v) is 4.61. The van der Waals surface area contributed by atoms with Gasteiger partial charge in [-0.15, -0.1) is 10.2 Å². The average Bonchev–Trinajstić information content (AvgIpc) is 3.16. The van der Waals surface area contributed by atoms with E-state index in [1.54, 1.807) is 0 Å². The predicted octanol–water partition coefficient (Wildman–Crippen LogP) is 4.23. The number of benzene rings is 2. The monoisotopic (exact) mass is 336 g/mol. The van der Waals surface area contributed by atoms with Gasteiger partial charge in [-0.3, -0.25) is 0 Å². The summed E-state index contributed by atoms with van der Waals surface area (Å²) in [6, 6.07) is 16.2. The second kappa shape index (κ2) is 6.05. The maximum Gasteiger partial charge on any atom is 0.235 e. The Bertz CT molecular complexity index is 1010. The van der Waals surface area contributed by atoms with Crippen molar-refractivity contribution in [2.45, 2.75) is 13.8 Å². The van der Waals surface area contributed by atoms with Crippen molar-refractivity contribution in [1.29, 1.82) is 0 Å². The Kier molecular flexibility index (Phi) is 3.74. The molecule has 5 nitrogen and oxygen atoms in total. The second-order valence-electron chi connectivity index (χ2n) is 5.46. The van der Waals surface area contributed by atoms with E-state index in [9.17, 15) is 0 Å². The van der Waals surface area contributed by atoms with Gasteiger partial charge in [0.1, 0.15) is 10.8 Å². The highest BCUT2D eigenvalue weighted by Gasteiger charge is 2.14. The van der Waals surface area contributed by atoms with Gasteiger partial charge in [0.05, 0.1) is 6.61 Å². The summed E-state index contributed by atoms with van der Waals surface area (Å²) in [5, 5.41) is 14.2. The van der Waals surface area contributed by atoms with Crippen molar-refractivity contribution in [3.8, 4) is 27.7 Å². The molecule has 0 atom stereocenters. The molecule has 0 fully saturated rings. The summed E-state index contributed by atoms with van der Waals surface area (Å²) in [5.41, 5.74) is 3.22. The first-order valence-corrected chi connectivity index (χ1v) is 8.59. The lowest BCUT2D eigenvalue weighted by molar-refractivity contribution is 0.340. The first kappa shape index (κ1) is 14.8. The van der Waals surface area contributed by atoms with Gasteiger partial charge in [-0.05, 0) is 32.0 Å². The van der Waals surface area contributed by atoms with Gasteiger partial charge in [0.2, 0.25) is 4.96 Å². The molecular formula is C18H16N4OS. The van der Waals surface area contributed by atoms with E-state index in [4.69, 9.17) is 9.84 Å². The van der Waals surface area contributed by atoms with Crippen molar-refractivity contribution >= 4 is 16.3 Å². The van der Waals surface area contributed by atoms with Crippen LogP contribution in [0.25, 0.3) is 26.9 Å². The van der Waals surface area contributed by atoms with E-state index in [1.807, 2.05) is 47.8 Å². The van der Waals surface area contributed by atoms with E-state index >= 15 is 0 Å². The van der Waals surface area contributed by atoms with E-state index in [-0.39, 0.29) is 0 Å². The number of hydrogen-bond acceptors (Lipinski definition) is 5. The lowest BCUT2D eigenvalue weighted by Gasteiger charge is -2.03. The van der Waals surface area contributed by atoms with Crippen LogP contribution >= 0.6 is 11.3 Å². The zero-order valence-electron chi connectivity index (χ0n) is 13.4. The molecule has 0 spiro atoms. The van der Waals surface area contributed by atoms with Gasteiger partial charge in [0, 0.05) is 11.1 Å². The van der Waals surface area contributed by atoms with Crippen LogP contribution in [0.2, 0.25) is 0 Å². The van der Waals surface area contributed by atoms with E-state index < -0.39 is 0 Å². The van der Waals surface area contributed by atoms with Crippen LogP contribution in [0.15, 0.2) is 48.5 Å². The minimum absolute atomic E-state index is 0.645. The molecule has 4 aromatic rings. The maximum atomic E-state index is 5.57. The fourth-order valence-corrected chi connectivity index (χ4v) is 3.42. The Hall–Kier alpha value is -2.73. The lowest BCUT2D eigenvalue weighted by Crippen LogP contribution is -1.92. The smallest absolute Gasteiger partial charge is 0.235 e. The Morgan fingerprint density at radius 3 is 2.71 bits per heavy atom. The van der Waals surface area contributed by atoms with E-state index in [0.717, 1.165) is 32.7 Å². The minimum atomic E-state index is 0.645. The van der Waals surface area contributed by atoms with Crippen LogP contribution in [0.3, 0.4) is 0 Å². The minimum Gasteiger partial charge on any atom is -0.494 e. The highest BCUT2D eigenvalue weighted by Crippen LogP contribution is 2.30. The fourth-order valence-electron chi connectivity index (χ4n) is 2.58. The number of aromatic nitrogens is 4. The fraction of sp³-hybridized carbons (Fsp3) is 0.167. The topological polar surface area (TPSA) is 52.3 Å². The summed E-state index contributed by atoms with van der Waals surface area (Å²) < 4.78 is 7.38. The molecule has 0 aliphatic rings. The molecule has 0 unspecified atom stereocenters.